The number of thiazole rings is 1. The van der Waals surface area contributed by atoms with Gasteiger partial charge in [-0.3, -0.25) is 19.0 Å². The average molecular weight is 400 g/mol. The monoisotopic (exact) mass is 400 g/mol. The maximum atomic E-state index is 13.4. The fourth-order valence-electron chi connectivity index (χ4n) is 3.33. The fraction of sp³-hybridized carbons (Fsp3) is 0.316. The van der Waals surface area contributed by atoms with Crippen LogP contribution >= 0.6 is 11.3 Å². The number of anilines is 1. The first-order chi connectivity index (χ1) is 13.2. The highest BCUT2D eigenvalue weighted by Gasteiger charge is 2.34. The number of hydrogen-bond acceptors (Lipinski definition) is 6. The van der Waals surface area contributed by atoms with Crippen molar-refractivity contribution < 1.29 is 14.0 Å². The van der Waals surface area contributed by atoms with Crippen LogP contribution in [0.15, 0.2) is 29.3 Å². The number of fused-ring (bicyclic) bond motifs is 2. The summed E-state index contributed by atoms with van der Waals surface area (Å²) >= 11 is 1.15. The molecule has 1 aromatic carbocycles. The van der Waals surface area contributed by atoms with Gasteiger partial charge >= 0.3 is 0 Å². The second kappa shape index (κ2) is 6.59. The zero-order valence-corrected chi connectivity index (χ0v) is 16.1. The van der Waals surface area contributed by atoms with Crippen LogP contribution in [0, 0.1) is 11.2 Å². The lowest BCUT2D eigenvalue weighted by molar-refractivity contribution is -0.116. The van der Waals surface area contributed by atoms with E-state index in [4.69, 9.17) is 0 Å². The number of rotatable bonds is 3. The highest BCUT2D eigenvalue weighted by Crippen LogP contribution is 2.38. The Morgan fingerprint density at radius 1 is 1.32 bits per heavy atom. The van der Waals surface area contributed by atoms with Gasteiger partial charge in [0.25, 0.3) is 5.56 Å². The molecule has 0 fully saturated rings. The first-order valence-electron chi connectivity index (χ1n) is 8.69. The smallest absolute Gasteiger partial charge is 0.261 e. The molecule has 1 N–H and O–H groups in total. The Bertz CT molecular complexity index is 1180. The zero-order chi connectivity index (χ0) is 20.1. The normalized spacial score (nSPS) is 15.5. The van der Waals surface area contributed by atoms with Gasteiger partial charge in [0.05, 0.1) is 27.8 Å². The number of ketones is 1. The Hall–Kier alpha value is -2.94. The molecule has 2 heterocycles. The predicted octanol–water partition coefficient (Wildman–Crippen LogP) is 2.79. The van der Waals surface area contributed by atoms with Crippen molar-refractivity contribution in [1.29, 1.82) is 0 Å². The number of hydrogen-bond donors (Lipinski definition) is 1. The Balaban J connectivity index is 1.55. The summed E-state index contributed by atoms with van der Waals surface area (Å²) in [4.78, 5) is 46.1. The van der Waals surface area contributed by atoms with Crippen LogP contribution in [-0.2, 0) is 17.8 Å². The van der Waals surface area contributed by atoms with Gasteiger partial charge in [-0.2, -0.15) is 0 Å². The summed E-state index contributed by atoms with van der Waals surface area (Å²) in [6, 6.07) is 3.73. The van der Waals surface area contributed by atoms with Crippen molar-refractivity contribution >= 4 is 39.1 Å². The standard InChI is InChI=1S/C19H17FN4O3S/c1-19(2)6-13-16(14(25)7-19)28-18(22-13)23-15(26)8-24-9-21-12-4-3-10(20)5-11(12)17(24)27/h3-5,9H,6-8H2,1-2H3,(H,22,23,26). The van der Waals surface area contributed by atoms with E-state index in [-0.39, 0.29) is 23.1 Å². The Morgan fingerprint density at radius 3 is 2.89 bits per heavy atom. The fourth-order valence-corrected chi connectivity index (χ4v) is 4.27. The number of carbonyl (C=O) groups is 2. The van der Waals surface area contributed by atoms with E-state index >= 15 is 0 Å². The van der Waals surface area contributed by atoms with Crippen LogP contribution in [0.25, 0.3) is 10.9 Å². The molecule has 0 bridgehead atoms. The lowest BCUT2D eigenvalue weighted by Crippen LogP contribution is -2.28. The number of amides is 1. The molecule has 1 amide bonds. The van der Waals surface area contributed by atoms with E-state index in [1.54, 1.807) is 0 Å². The van der Waals surface area contributed by atoms with E-state index in [2.05, 4.69) is 15.3 Å². The minimum Gasteiger partial charge on any atom is -0.300 e. The van der Waals surface area contributed by atoms with Crippen molar-refractivity contribution in [2.75, 3.05) is 5.32 Å². The van der Waals surface area contributed by atoms with Crippen molar-refractivity contribution in [1.82, 2.24) is 14.5 Å². The van der Waals surface area contributed by atoms with E-state index in [1.165, 1.54) is 18.5 Å². The lowest BCUT2D eigenvalue weighted by atomic mass is 9.78. The molecule has 0 radical (unpaired) electrons. The summed E-state index contributed by atoms with van der Waals surface area (Å²) in [6.45, 7) is 3.73. The summed E-state index contributed by atoms with van der Waals surface area (Å²) in [7, 11) is 0. The Kier molecular flexibility index (Phi) is 4.34. The third-order valence-electron chi connectivity index (χ3n) is 4.58. The van der Waals surface area contributed by atoms with E-state index in [1.807, 2.05) is 13.8 Å². The van der Waals surface area contributed by atoms with Gasteiger partial charge < -0.3 is 5.32 Å². The van der Waals surface area contributed by atoms with Crippen LogP contribution < -0.4 is 10.9 Å². The first kappa shape index (κ1) is 18.4. The molecule has 1 aliphatic rings. The number of nitrogens with zero attached hydrogens (tertiary/aromatic N) is 3. The molecule has 0 atom stereocenters. The molecule has 0 saturated heterocycles. The van der Waals surface area contributed by atoms with Crippen molar-refractivity contribution in [2.45, 2.75) is 33.2 Å². The number of halogens is 1. The number of nitrogens with one attached hydrogen (secondary N) is 1. The van der Waals surface area contributed by atoms with E-state index in [0.29, 0.717) is 34.1 Å². The molecule has 9 heteroatoms. The average Bonchev–Trinajstić information content (AvgIpc) is 2.99. The molecule has 0 saturated carbocycles. The third kappa shape index (κ3) is 3.45. The van der Waals surface area contributed by atoms with Crippen LogP contribution in [-0.4, -0.2) is 26.2 Å². The van der Waals surface area contributed by atoms with Crippen LogP contribution in [0.1, 0.15) is 35.6 Å². The highest BCUT2D eigenvalue weighted by molar-refractivity contribution is 7.17. The van der Waals surface area contributed by atoms with E-state index in [0.717, 1.165) is 22.0 Å². The van der Waals surface area contributed by atoms with Gasteiger partial charge in [0, 0.05) is 6.42 Å². The minimum atomic E-state index is -0.547. The highest BCUT2D eigenvalue weighted by atomic mass is 32.1. The molecule has 3 aromatic rings. The van der Waals surface area contributed by atoms with Gasteiger partial charge in [-0.25, -0.2) is 14.4 Å². The molecular weight excluding hydrogens is 383 g/mol. The number of carbonyl (C=O) groups excluding carboxylic acids is 2. The molecule has 0 unspecified atom stereocenters. The maximum absolute atomic E-state index is 13.4. The zero-order valence-electron chi connectivity index (χ0n) is 15.3. The summed E-state index contributed by atoms with van der Waals surface area (Å²) < 4.78 is 14.5. The molecule has 7 nitrogen and oxygen atoms in total. The second-order valence-corrected chi connectivity index (χ2v) is 8.62. The maximum Gasteiger partial charge on any atom is 0.261 e. The van der Waals surface area contributed by atoms with Crippen LogP contribution in [0.2, 0.25) is 0 Å². The summed E-state index contributed by atoms with van der Waals surface area (Å²) in [5, 5.41) is 3.07. The van der Waals surface area contributed by atoms with Gasteiger partial charge in [-0.05, 0) is 30.0 Å². The summed E-state index contributed by atoms with van der Waals surface area (Å²) in [5.74, 6) is -0.992. The van der Waals surface area contributed by atoms with Crippen LogP contribution in [0.3, 0.4) is 0 Å². The molecule has 0 spiro atoms. The largest absolute Gasteiger partial charge is 0.300 e. The quantitative estimate of drug-likeness (QED) is 0.730. The van der Waals surface area contributed by atoms with Crippen molar-refractivity contribution in [2.24, 2.45) is 5.41 Å². The number of aromatic nitrogens is 3. The van der Waals surface area contributed by atoms with E-state index < -0.39 is 17.3 Å². The van der Waals surface area contributed by atoms with Gasteiger partial charge in [0.15, 0.2) is 10.9 Å². The van der Waals surface area contributed by atoms with Crippen LogP contribution in [0.5, 0.6) is 0 Å². The minimum absolute atomic E-state index is 0.0289. The molecular formula is C19H17FN4O3S. The SMILES string of the molecule is CC1(C)CC(=O)c2sc(NC(=O)Cn3cnc4ccc(F)cc4c3=O)nc2C1. The summed E-state index contributed by atoms with van der Waals surface area (Å²) in [5.41, 5.74) is 0.395. The number of Topliss-reactive ketones (excluding diaryl/α,β-unsaturated/α-hetero) is 1. The van der Waals surface area contributed by atoms with Crippen molar-refractivity contribution in [3.8, 4) is 0 Å². The molecule has 28 heavy (non-hydrogen) atoms. The Morgan fingerprint density at radius 2 is 2.11 bits per heavy atom. The molecule has 1 aliphatic carbocycles. The predicted molar refractivity (Wildman–Crippen MR) is 103 cm³/mol. The third-order valence-corrected chi connectivity index (χ3v) is 5.64. The second-order valence-electron chi connectivity index (χ2n) is 7.62. The molecule has 4 rings (SSSR count). The lowest BCUT2D eigenvalue weighted by Gasteiger charge is -2.26. The summed E-state index contributed by atoms with van der Waals surface area (Å²) in [6.07, 6.45) is 2.37. The van der Waals surface area contributed by atoms with Gasteiger partial charge in [0.2, 0.25) is 5.91 Å². The van der Waals surface area contributed by atoms with Crippen molar-refractivity contribution in [3.05, 3.63) is 51.3 Å². The Labute approximate surface area is 163 Å². The van der Waals surface area contributed by atoms with Gasteiger partial charge in [-0.1, -0.05) is 25.2 Å². The van der Waals surface area contributed by atoms with Gasteiger partial charge in [-0.15, -0.1) is 0 Å². The van der Waals surface area contributed by atoms with E-state index in [9.17, 15) is 18.8 Å². The van der Waals surface area contributed by atoms with Gasteiger partial charge in [0.1, 0.15) is 12.4 Å². The first-order valence-corrected chi connectivity index (χ1v) is 9.51. The molecule has 144 valence electrons. The molecule has 0 aliphatic heterocycles. The number of benzene rings is 1. The van der Waals surface area contributed by atoms with Crippen molar-refractivity contribution in [3.63, 3.8) is 0 Å². The molecule has 2 aromatic heterocycles. The topological polar surface area (TPSA) is 94.0 Å². The van der Waals surface area contributed by atoms with Crippen LogP contribution in [0.4, 0.5) is 9.52 Å².